The Morgan fingerprint density at radius 1 is 1.20 bits per heavy atom. The molecular weight excluding hydrogens is 401 g/mol. The minimum Gasteiger partial charge on any atom is -0.408 e. The van der Waals surface area contributed by atoms with E-state index in [1.165, 1.54) is 6.08 Å². The van der Waals surface area contributed by atoms with Crippen molar-refractivity contribution in [3.05, 3.63) is 63.6 Å². The molecule has 3 N–H and O–H groups in total. The Morgan fingerprint density at radius 3 is 2.63 bits per heavy atom. The molecule has 0 radical (unpaired) electrons. The van der Waals surface area contributed by atoms with E-state index < -0.39 is 17.5 Å². The summed E-state index contributed by atoms with van der Waals surface area (Å²) < 4.78 is 42.9. The molecule has 2 aromatic rings. The molecule has 2 heterocycles. The van der Waals surface area contributed by atoms with Crippen LogP contribution in [0.5, 0.6) is 0 Å². The van der Waals surface area contributed by atoms with Gasteiger partial charge in [-0.2, -0.15) is 13.2 Å². The predicted octanol–water partition coefficient (Wildman–Crippen LogP) is 3.40. The second-order valence-corrected chi connectivity index (χ2v) is 6.97. The number of hydrogen-bond donors (Lipinski definition) is 3. The van der Waals surface area contributed by atoms with Crippen LogP contribution >= 0.6 is 0 Å². The third-order valence-electron chi connectivity index (χ3n) is 4.89. The zero-order valence-electron chi connectivity index (χ0n) is 15.6. The smallest absolute Gasteiger partial charge is 0.408 e. The number of nitrogens with one attached hydrogen (secondary N) is 3. The van der Waals surface area contributed by atoms with Crippen LogP contribution in [0.15, 0.2) is 62.3 Å². The summed E-state index contributed by atoms with van der Waals surface area (Å²) in [7, 11) is 0. The van der Waals surface area contributed by atoms with Crippen molar-refractivity contribution < 1.29 is 22.4 Å². The average Bonchev–Trinajstić information content (AvgIpc) is 3.07. The lowest BCUT2D eigenvalue weighted by atomic mass is 10.0. The third-order valence-corrected chi connectivity index (χ3v) is 4.89. The highest BCUT2D eigenvalue weighted by atomic mass is 19.4. The van der Waals surface area contributed by atoms with Crippen LogP contribution in [-0.4, -0.2) is 41.2 Å². The Labute approximate surface area is 168 Å². The summed E-state index contributed by atoms with van der Waals surface area (Å²) in [6.07, 6.45) is -0.791. The van der Waals surface area contributed by atoms with Gasteiger partial charge in [0.05, 0.1) is 11.2 Å². The number of aromatic nitrogens is 1. The number of urea groups is 1. The maximum atomic E-state index is 12.6. The quantitative estimate of drug-likeness (QED) is 0.667. The first kappa shape index (κ1) is 19.7. The van der Waals surface area contributed by atoms with Crippen LogP contribution in [0.2, 0.25) is 0 Å². The number of benzene rings is 1. The maximum absolute atomic E-state index is 12.6. The van der Waals surface area contributed by atoms with Crippen molar-refractivity contribution in [2.24, 2.45) is 0 Å². The lowest BCUT2D eigenvalue weighted by molar-refractivity contribution is -0.0880. The fraction of sp³-hybridized carbons (Fsp3) is 0.300. The average molecular weight is 418 g/mol. The molecule has 0 saturated carbocycles. The van der Waals surface area contributed by atoms with Crippen molar-refractivity contribution in [3.8, 4) is 0 Å². The van der Waals surface area contributed by atoms with Crippen molar-refractivity contribution in [2.75, 3.05) is 18.4 Å². The lowest BCUT2D eigenvalue weighted by Crippen LogP contribution is -2.45. The van der Waals surface area contributed by atoms with Gasteiger partial charge < -0.3 is 20.0 Å². The number of amides is 2. The molecule has 0 bridgehead atoms. The van der Waals surface area contributed by atoms with Gasteiger partial charge >= 0.3 is 18.0 Å². The van der Waals surface area contributed by atoms with E-state index in [1.54, 1.807) is 18.2 Å². The zero-order chi connectivity index (χ0) is 21.3. The summed E-state index contributed by atoms with van der Waals surface area (Å²) in [5, 5.41) is 5.57. The van der Waals surface area contributed by atoms with Crippen LogP contribution in [0.3, 0.4) is 0 Å². The normalized spacial score (nSPS) is 17.1. The van der Waals surface area contributed by atoms with Gasteiger partial charge in [0.2, 0.25) is 0 Å². The molecule has 1 aliphatic heterocycles. The Morgan fingerprint density at radius 2 is 1.97 bits per heavy atom. The molecule has 4 rings (SSSR count). The summed E-state index contributed by atoms with van der Waals surface area (Å²) >= 11 is 0. The van der Waals surface area contributed by atoms with E-state index in [0.29, 0.717) is 48.4 Å². The molecule has 0 atom stereocenters. The van der Waals surface area contributed by atoms with Crippen LogP contribution in [0.1, 0.15) is 12.8 Å². The van der Waals surface area contributed by atoms with Gasteiger partial charge in [-0.25, -0.2) is 9.59 Å². The molecule has 156 valence electrons. The number of anilines is 1. The molecule has 1 aromatic carbocycles. The van der Waals surface area contributed by atoms with Gasteiger partial charge in [0.25, 0.3) is 0 Å². The first-order chi connectivity index (χ1) is 14.3. The van der Waals surface area contributed by atoms with Gasteiger partial charge in [-0.15, -0.1) is 0 Å². The largest absolute Gasteiger partial charge is 0.424 e. The van der Waals surface area contributed by atoms with E-state index >= 15 is 0 Å². The fourth-order valence-corrected chi connectivity index (χ4v) is 3.37. The van der Waals surface area contributed by atoms with Crippen molar-refractivity contribution in [3.63, 3.8) is 0 Å². The van der Waals surface area contributed by atoms with Crippen LogP contribution in [0.4, 0.5) is 23.7 Å². The summed E-state index contributed by atoms with van der Waals surface area (Å²) in [4.78, 5) is 27.9. The molecule has 0 spiro atoms. The highest BCUT2D eigenvalue weighted by molar-refractivity contribution is 5.91. The number of aromatic amines is 1. The van der Waals surface area contributed by atoms with Gasteiger partial charge in [-0.05, 0) is 42.9 Å². The summed E-state index contributed by atoms with van der Waals surface area (Å²) in [5.41, 5.74) is 5.78. The van der Waals surface area contributed by atoms with Gasteiger partial charge in [0.15, 0.2) is 5.58 Å². The first-order valence-electron chi connectivity index (χ1n) is 9.24. The third kappa shape index (κ3) is 4.35. The molecule has 30 heavy (non-hydrogen) atoms. The minimum absolute atomic E-state index is 0.0754. The topological polar surface area (TPSA) is 90.4 Å². The van der Waals surface area contributed by atoms with Crippen molar-refractivity contribution in [2.45, 2.75) is 25.1 Å². The summed E-state index contributed by atoms with van der Waals surface area (Å²) in [5.74, 6) is -0.568. The zero-order valence-corrected chi connectivity index (χ0v) is 15.6. The standard InChI is InChI=1S/C20H17F3N4O3/c21-20(22,23)12-1-4-15(5-2-12)27-9-7-13(8-10-27)24-18(28)25-14-3-6-16-17(11-14)30-19(29)26-16/h1,3-4,6,11,13H,7-10H2,(H,26,29)(H2,24,25,28). The number of carbonyl (C=O) groups is 1. The number of nitrogens with zero attached hydrogens (tertiary/aromatic N) is 1. The molecule has 1 saturated heterocycles. The highest BCUT2D eigenvalue weighted by Crippen LogP contribution is 2.28. The van der Waals surface area contributed by atoms with E-state index in [1.807, 2.05) is 4.90 Å². The molecule has 7 nitrogen and oxygen atoms in total. The number of H-pyrrole nitrogens is 1. The first-order valence-corrected chi connectivity index (χ1v) is 9.24. The Hall–Kier alpha value is -3.61. The Bertz CT molecular complexity index is 1170. The van der Waals surface area contributed by atoms with Crippen LogP contribution in [0.25, 0.3) is 11.1 Å². The molecule has 2 amide bonds. The minimum atomic E-state index is -4.43. The predicted molar refractivity (Wildman–Crippen MR) is 103 cm³/mol. The monoisotopic (exact) mass is 418 g/mol. The fourth-order valence-electron chi connectivity index (χ4n) is 3.37. The number of fused-ring (bicyclic) bond motifs is 1. The molecule has 10 heteroatoms. The number of piperidine rings is 1. The highest BCUT2D eigenvalue weighted by Gasteiger charge is 2.33. The van der Waals surface area contributed by atoms with Crippen molar-refractivity contribution >= 4 is 22.8 Å². The number of halogens is 3. The van der Waals surface area contributed by atoms with Crippen LogP contribution < -0.4 is 16.4 Å². The second-order valence-electron chi connectivity index (χ2n) is 6.97. The van der Waals surface area contributed by atoms with E-state index in [2.05, 4.69) is 27.1 Å². The van der Waals surface area contributed by atoms with Gasteiger partial charge in [-0.1, -0.05) is 5.73 Å². The second kappa shape index (κ2) is 7.67. The van der Waals surface area contributed by atoms with Gasteiger partial charge in [0.1, 0.15) is 5.57 Å². The molecule has 1 aliphatic carbocycles. The lowest BCUT2D eigenvalue weighted by Gasteiger charge is -2.33. The molecule has 1 fully saturated rings. The number of alkyl halides is 3. The Balaban J connectivity index is 1.32. The molecule has 2 aliphatic rings. The number of carbonyl (C=O) groups excluding carboxylic acids is 1. The maximum Gasteiger partial charge on any atom is 0.424 e. The molecule has 0 unspecified atom stereocenters. The number of oxazole rings is 1. The van der Waals surface area contributed by atoms with E-state index in [-0.39, 0.29) is 12.1 Å². The van der Waals surface area contributed by atoms with Gasteiger partial charge in [0, 0.05) is 30.9 Å². The van der Waals surface area contributed by atoms with E-state index in [4.69, 9.17) is 4.42 Å². The SMILES string of the molecule is O=C(Nc1ccc2[nH]c(=O)oc2c1)NC1CCN(C2=C=C=C(C(F)(F)F)C=C2)CC1. The Kier molecular flexibility index (Phi) is 5.03. The van der Waals surface area contributed by atoms with E-state index in [0.717, 1.165) is 6.08 Å². The number of likely N-dealkylation sites (tertiary alicyclic amines) is 1. The molecule has 1 aromatic heterocycles. The summed E-state index contributed by atoms with van der Waals surface area (Å²) in [6, 6.07) is 4.36. The number of hydrogen-bond acceptors (Lipinski definition) is 4. The molecular formula is C20H17F3N4O3. The van der Waals surface area contributed by atoms with Crippen molar-refractivity contribution in [1.82, 2.24) is 15.2 Å². The summed E-state index contributed by atoms with van der Waals surface area (Å²) in [6.45, 7) is 1.14. The number of rotatable bonds is 3. The van der Waals surface area contributed by atoms with Crippen LogP contribution in [-0.2, 0) is 0 Å². The van der Waals surface area contributed by atoms with Crippen molar-refractivity contribution in [1.29, 1.82) is 0 Å². The van der Waals surface area contributed by atoms with Gasteiger partial charge in [-0.3, -0.25) is 4.98 Å². The van der Waals surface area contributed by atoms with E-state index in [9.17, 15) is 22.8 Å². The van der Waals surface area contributed by atoms with Crippen LogP contribution in [0, 0.1) is 0 Å². The number of allylic oxidation sites excluding steroid dienone is 3.